The van der Waals surface area contributed by atoms with Gasteiger partial charge in [-0.2, -0.15) is 24.5 Å². The van der Waals surface area contributed by atoms with Gasteiger partial charge in [-0.05, 0) is 83.4 Å². The number of anilines is 2. The fourth-order valence-electron chi connectivity index (χ4n) is 3.17. The lowest BCUT2D eigenvalue weighted by Crippen LogP contribution is -2.04. The third kappa shape index (κ3) is 5.11. The Morgan fingerprint density at radius 1 is 0.906 bits per heavy atom. The second-order valence-electron chi connectivity index (χ2n) is 7.18. The summed E-state index contributed by atoms with van der Waals surface area (Å²) in [5.41, 5.74) is 3.82. The number of hydrogen-bond acceptors (Lipinski definition) is 4. The number of rotatable bonds is 6. The molecule has 1 heterocycles. The van der Waals surface area contributed by atoms with Crippen LogP contribution in [0.1, 0.15) is 11.1 Å². The number of aryl methyl sites for hydroxylation is 1. The van der Waals surface area contributed by atoms with Crippen LogP contribution in [0.3, 0.4) is 0 Å². The SMILES string of the molecule is COc1cc(-c2ccsc2)cc(Nc2ccc(C(F)(F)F)cc2)c1Sc1ccc(C)cc1. The summed E-state index contributed by atoms with van der Waals surface area (Å²) < 4.78 is 44.6. The number of halogens is 3. The number of benzene rings is 3. The van der Waals surface area contributed by atoms with Gasteiger partial charge in [-0.25, -0.2) is 0 Å². The molecule has 0 saturated carbocycles. The predicted octanol–water partition coefficient (Wildman–Crippen LogP) is 8.65. The van der Waals surface area contributed by atoms with Crippen molar-refractivity contribution in [1.82, 2.24) is 0 Å². The predicted molar refractivity (Wildman–Crippen MR) is 126 cm³/mol. The molecule has 164 valence electrons. The third-order valence-corrected chi connectivity index (χ3v) is 6.68. The zero-order valence-corrected chi connectivity index (χ0v) is 19.0. The highest BCUT2D eigenvalue weighted by molar-refractivity contribution is 7.99. The van der Waals surface area contributed by atoms with E-state index in [2.05, 4.69) is 5.32 Å². The molecular weight excluding hydrogens is 451 g/mol. The van der Waals surface area contributed by atoms with Crippen molar-refractivity contribution >= 4 is 34.5 Å². The molecule has 0 bridgehead atoms. The lowest BCUT2D eigenvalue weighted by atomic mass is 10.1. The molecule has 1 aromatic heterocycles. The molecule has 0 unspecified atom stereocenters. The Balaban J connectivity index is 1.76. The summed E-state index contributed by atoms with van der Waals surface area (Å²) in [6, 6.07) is 19.2. The number of methoxy groups -OCH3 is 1. The van der Waals surface area contributed by atoms with E-state index in [-0.39, 0.29) is 0 Å². The molecule has 3 aromatic carbocycles. The third-order valence-electron chi connectivity index (χ3n) is 4.86. The van der Waals surface area contributed by atoms with Crippen LogP contribution < -0.4 is 10.1 Å². The number of nitrogens with one attached hydrogen (secondary N) is 1. The summed E-state index contributed by atoms with van der Waals surface area (Å²) in [5.74, 6) is 0.689. The Morgan fingerprint density at radius 3 is 2.22 bits per heavy atom. The van der Waals surface area contributed by atoms with E-state index in [1.807, 2.05) is 60.1 Å². The molecule has 0 fully saturated rings. The van der Waals surface area contributed by atoms with Gasteiger partial charge >= 0.3 is 6.18 Å². The molecule has 0 saturated heterocycles. The first kappa shape index (κ1) is 22.3. The van der Waals surface area contributed by atoms with Gasteiger partial charge in [0.2, 0.25) is 0 Å². The maximum Gasteiger partial charge on any atom is 0.416 e. The topological polar surface area (TPSA) is 21.3 Å². The highest BCUT2D eigenvalue weighted by Crippen LogP contribution is 2.44. The average molecular weight is 472 g/mol. The normalized spacial score (nSPS) is 11.4. The summed E-state index contributed by atoms with van der Waals surface area (Å²) in [5, 5.41) is 7.34. The van der Waals surface area contributed by atoms with Crippen molar-refractivity contribution in [1.29, 1.82) is 0 Å². The summed E-state index contributed by atoms with van der Waals surface area (Å²) in [6.45, 7) is 2.03. The fourth-order valence-corrected chi connectivity index (χ4v) is 4.81. The van der Waals surface area contributed by atoms with E-state index < -0.39 is 11.7 Å². The van der Waals surface area contributed by atoms with Crippen LogP contribution in [-0.2, 0) is 6.18 Å². The molecule has 2 nitrogen and oxygen atoms in total. The first-order chi connectivity index (χ1) is 15.3. The van der Waals surface area contributed by atoms with E-state index in [0.717, 1.165) is 44.3 Å². The maximum atomic E-state index is 13.0. The van der Waals surface area contributed by atoms with E-state index >= 15 is 0 Å². The second-order valence-corrected chi connectivity index (χ2v) is 9.05. The average Bonchev–Trinajstić information content (AvgIpc) is 3.31. The van der Waals surface area contributed by atoms with Gasteiger partial charge in [-0.1, -0.05) is 29.5 Å². The molecule has 0 aliphatic carbocycles. The van der Waals surface area contributed by atoms with Gasteiger partial charge < -0.3 is 10.1 Å². The Morgan fingerprint density at radius 2 is 1.62 bits per heavy atom. The Labute approximate surface area is 193 Å². The standard InChI is InChI=1S/C25H20F3NOS2/c1-16-3-9-21(10-4-16)32-24-22(29-20-7-5-19(6-8-20)25(26,27)28)13-18(14-23(24)30-2)17-11-12-31-15-17/h3-15,29H,1-2H3. The number of ether oxygens (including phenoxy) is 1. The van der Waals surface area contributed by atoms with Gasteiger partial charge in [-0.3, -0.25) is 0 Å². The van der Waals surface area contributed by atoms with Crippen LogP contribution in [0.4, 0.5) is 24.5 Å². The number of thiophene rings is 1. The van der Waals surface area contributed by atoms with Gasteiger partial charge in [0.25, 0.3) is 0 Å². The smallest absolute Gasteiger partial charge is 0.416 e. The minimum atomic E-state index is -4.37. The van der Waals surface area contributed by atoms with Crippen molar-refractivity contribution in [3.05, 3.63) is 88.6 Å². The highest BCUT2D eigenvalue weighted by Gasteiger charge is 2.30. The molecule has 7 heteroatoms. The van der Waals surface area contributed by atoms with Crippen molar-refractivity contribution in [2.24, 2.45) is 0 Å². The van der Waals surface area contributed by atoms with Gasteiger partial charge in [0, 0.05) is 10.6 Å². The zero-order chi connectivity index (χ0) is 22.7. The Kier molecular flexibility index (Phi) is 6.48. The first-order valence-electron chi connectivity index (χ1n) is 9.77. The maximum absolute atomic E-state index is 13.0. The van der Waals surface area contributed by atoms with Gasteiger partial charge in [-0.15, -0.1) is 0 Å². The van der Waals surface area contributed by atoms with E-state index in [1.165, 1.54) is 12.1 Å². The van der Waals surface area contributed by atoms with Crippen molar-refractivity contribution in [2.75, 3.05) is 12.4 Å². The minimum absolute atomic E-state index is 0.563. The van der Waals surface area contributed by atoms with E-state index in [0.29, 0.717) is 11.4 Å². The van der Waals surface area contributed by atoms with Crippen molar-refractivity contribution in [3.63, 3.8) is 0 Å². The van der Waals surface area contributed by atoms with Gasteiger partial charge in [0.15, 0.2) is 0 Å². The molecule has 0 aliphatic rings. The monoisotopic (exact) mass is 471 g/mol. The molecule has 4 aromatic rings. The van der Waals surface area contributed by atoms with Crippen LogP contribution in [0, 0.1) is 6.92 Å². The van der Waals surface area contributed by atoms with Crippen molar-refractivity contribution in [3.8, 4) is 16.9 Å². The van der Waals surface area contributed by atoms with Crippen LogP contribution in [0.5, 0.6) is 5.75 Å². The van der Waals surface area contributed by atoms with Crippen molar-refractivity contribution < 1.29 is 17.9 Å². The number of hydrogen-bond donors (Lipinski definition) is 1. The molecule has 0 radical (unpaired) electrons. The Bertz CT molecular complexity index is 1190. The molecule has 0 atom stereocenters. The molecule has 4 rings (SSSR count). The largest absolute Gasteiger partial charge is 0.495 e. The summed E-state index contributed by atoms with van der Waals surface area (Å²) in [6.07, 6.45) is -4.37. The van der Waals surface area contributed by atoms with Gasteiger partial charge in [0.05, 0.1) is 23.3 Å². The molecule has 0 spiro atoms. The molecule has 0 aliphatic heterocycles. The van der Waals surface area contributed by atoms with Gasteiger partial charge in [0.1, 0.15) is 5.75 Å². The number of alkyl halides is 3. The molecule has 1 N–H and O–H groups in total. The molecular formula is C25H20F3NOS2. The minimum Gasteiger partial charge on any atom is -0.495 e. The van der Waals surface area contributed by atoms with E-state index in [1.54, 1.807) is 30.2 Å². The van der Waals surface area contributed by atoms with E-state index in [9.17, 15) is 13.2 Å². The van der Waals surface area contributed by atoms with Crippen LogP contribution in [0.2, 0.25) is 0 Å². The van der Waals surface area contributed by atoms with E-state index in [4.69, 9.17) is 4.74 Å². The van der Waals surface area contributed by atoms with Crippen LogP contribution in [0.15, 0.2) is 87.3 Å². The van der Waals surface area contributed by atoms with Crippen molar-refractivity contribution in [2.45, 2.75) is 22.9 Å². The molecule has 32 heavy (non-hydrogen) atoms. The quantitative estimate of drug-likeness (QED) is 0.304. The van der Waals surface area contributed by atoms with Crippen LogP contribution in [0.25, 0.3) is 11.1 Å². The lowest BCUT2D eigenvalue weighted by Gasteiger charge is -2.18. The summed E-state index contributed by atoms with van der Waals surface area (Å²) in [7, 11) is 1.62. The van der Waals surface area contributed by atoms with Crippen LogP contribution >= 0.6 is 23.1 Å². The summed E-state index contributed by atoms with van der Waals surface area (Å²) in [4.78, 5) is 1.89. The molecule has 0 amide bonds. The lowest BCUT2D eigenvalue weighted by molar-refractivity contribution is -0.137. The second kappa shape index (κ2) is 9.30. The highest BCUT2D eigenvalue weighted by atomic mass is 32.2. The van der Waals surface area contributed by atoms with Crippen LogP contribution in [-0.4, -0.2) is 7.11 Å². The first-order valence-corrected chi connectivity index (χ1v) is 11.5. The zero-order valence-electron chi connectivity index (χ0n) is 17.4. The summed E-state index contributed by atoms with van der Waals surface area (Å²) >= 11 is 3.14. The fraction of sp³-hybridized carbons (Fsp3) is 0.120. The Hall–Kier alpha value is -2.90.